The molecule has 0 aliphatic rings. The van der Waals surface area contributed by atoms with E-state index in [0.29, 0.717) is 5.56 Å². The van der Waals surface area contributed by atoms with Gasteiger partial charge in [0.1, 0.15) is 16.6 Å². The van der Waals surface area contributed by atoms with Gasteiger partial charge in [0.15, 0.2) is 0 Å². The molecular weight excluding hydrogens is 230 g/mol. The predicted octanol–water partition coefficient (Wildman–Crippen LogP) is 2.73. The van der Waals surface area contributed by atoms with Gasteiger partial charge in [-0.15, -0.1) is 11.3 Å². The second-order valence-electron chi connectivity index (χ2n) is 3.29. The van der Waals surface area contributed by atoms with Gasteiger partial charge in [-0.3, -0.25) is 0 Å². The van der Waals surface area contributed by atoms with Crippen LogP contribution in [0.3, 0.4) is 0 Å². The van der Waals surface area contributed by atoms with Gasteiger partial charge in [-0.1, -0.05) is 0 Å². The quantitative estimate of drug-likeness (QED) is 0.892. The SMILES string of the molecule is CNC(c1cc(F)cc(F)c1)c1nccs1. The number of hydrogen-bond donors (Lipinski definition) is 1. The highest BCUT2D eigenvalue weighted by Gasteiger charge is 2.16. The summed E-state index contributed by atoms with van der Waals surface area (Å²) in [4.78, 5) is 4.13. The third kappa shape index (κ3) is 2.25. The third-order valence-electron chi connectivity index (χ3n) is 2.21. The molecule has 0 saturated carbocycles. The molecule has 1 N–H and O–H groups in total. The summed E-state index contributed by atoms with van der Waals surface area (Å²) in [5.41, 5.74) is 0.537. The lowest BCUT2D eigenvalue weighted by Crippen LogP contribution is -2.17. The van der Waals surface area contributed by atoms with Gasteiger partial charge in [-0.2, -0.15) is 0 Å². The number of benzene rings is 1. The van der Waals surface area contributed by atoms with Crippen molar-refractivity contribution in [3.8, 4) is 0 Å². The maximum absolute atomic E-state index is 13.1. The van der Waals surface area contributed by atoms with Crippen molar-refractivity contribution in [3.05, 3.63) is 52.0 Å². The lowest BCUT2D eigenvalue weighted by atomic mass is 10.1. The highest BCUT2D eigenvalue weighted by Crippen LogP contribution is 2.24. The van der Waals surface area contributed by atoms with Crippen LogP contribution in [0.15, 0.2) is 29.8 Å². The topological polar surface area (TPSA) is 24.9 Å². The van der Waals surface area contributed by atoms with E-state index < -0.39 is 11.6 Å². The van der Waals surface area contributed by atoms with Crippen molar-refractivity contribution in [2.75, 3.05) is 7.05 Å². The molecule has 1 atom stereocenters. The van der Waals surface area contributed by atoms with Gasteiger partial charge in [-0.05, 0) is 24.7 Å². The first-order chi connectivity index (χ1) is 7.70. The summed E-state index contributed by atoms with van der Waals surface area (Å²) in [6.07, 6.45) is 1.67. The molecule has 2 aromatic rings. The first-order valence-electron chi connectivity index (χ1n) is 4.73. The average Bonchev–Trinajstić information content (AvgIpc) is 2.70. The molecule has 0 bridgehead atoms. The standard InChI is InChI=1S/C11H10F2N2S/c1-14-10(11-15-2-3-16-11)7-4-8(12)6-9(13)5-7/h2-6,10,14H,1H3. The lowest BCUT2D eigenvalue weighted by molar-refractivity contribution is 0.571. The Balaban J connectivity index is 2.41. The van der Waals surface area contributed by atoms with E-state index in [2.05, 4.69) is 10.3 Å². The normalized spacial score (nSPS) is 12.7. The Bertz CT molecular complexity index is 451. The molecule has 1 aromatic heterocycles. The Kier molecular flexibility index (Phi) is 3.26. The molecule has 0 radical (unpaired) electrons. The lowest BCUT2D eigenvalue weighted by Gasteiger charge is -2.13. The molecule has 16 heavy (non-hydrogen) atoms. The van der Waals surface area contributed by atoms with Crippen molar-refractivity contribution < 1.29 is 8.78 Å². The smallest absolute Gasteiger partial charge is 0.126 e. The predicted molar refractivity (Wildman–Crippen MR) is 59.4 cm³/mol. The zero-order valence-electron chi connectivity index (χ0n) is 8.58. The molecule has 0 fully saturated rings. The first kappa shape index (κ1) is 11.2. The summed E-state index contributed by atoms with van der Waals surface area (Å²) in [5, 5.41) is 5.60. The number of halogens is 2. The molecule has 84 valence electrons. The van der Waals surface area contributed by atoms with Crippen molar-refractivity contribution in [1.82, 2.24) is 10.3 Å². The monoisotopic (exact) mass is 240 g/mol. The zero-order chi connectivity index (χ0) is 11.5. The summed E-state index contributed by atoms with van der Waals surface area (Å²) >= 11 is 1.44. The number of thiazole rings is 1. The Hall–Kier alpha value is -1.33. The highest BCUT2D eigenvalue weighted by molar-refractivity contribution is 7.09. The summed E-state index contributed by atoms with van der Waals surface area (Å²) < 4.78 is 26.2. The van der Waals surface area contributed by atoms with E-state index in [4.69, 9.17) is 0 Å². The number of hydrogen-bond acceptors (Lipinski definition) is 3. The molecule has 1 unspecified atom stereocenters. The minimum Gasteiger partial charge on any atom is -0.307 e. The van der Waals surface area contributed by atoms with Crippen LogP contribution >= 0.6 is 11.3 Å². The molecule has 0 aliphatic carbocycles. The third-order valence-corrected chi connectivity index (χ3v) is 3.05. The van der Waals surface area contributed by atoms with Crippen molar-refractivity contribution >= 4 is 11.3 Å². The summed E-state index contributed by atoms with van der Waals surface area (Å²) in [6.45, 7) is 0. The van der Waals surface area contributed by atoms with Crippen LogP contribution in [0.1, 0.15) is 16.6 Å². The second kappa shape index (κ2) is 4.67. The van der Waals surface area contributed by atoms with Crippen molar-refractivity contribution in [3.63, 3.8) is 0 Å². The maximum atomic E-state index is 13.1. The highest BCUT2D eigenvalue weighted by atomic mass is 32.1. The fraction of sp³-hybridized carbons (Fsp3) is 0.182. The molecule has 0 aliphatic heterocycles. The van der Waals surface area contributed by atoms with Crippen molar-refractivity contribution in [2.24, 2.45) is 0 Å². The fourth-order valence-corrected chi connectivity index (χ4v) is 2.32. The largest absolute Gasteiger partial charge is 0.307 e. The molecule has 2 rings (SSSR count). The van der Waals surface area contributed by atoms with Gasteiger partial charge in [0.2, 0.25) is 0 Å². The van der Waals surface area contributed by atoms with Gasteiger partial charge in [0.25, 0.3) is 0 Å². The number of nitrogens with one attached hydrogen (secondary N) is 1. The average molecular weight is 240 g/mol. The van der Waals surface area contributed by atoms with Crippen LogP contribution in [0, 0.1) is 11.6 Å². The molecule has 1 aromatic carbocycles. The minimum absolute atomic E-state index is 0.273. The molecule has 5 heteroatoms. The molecule has 1 heterocycles. The van der Waals surface area contributed by atoms with E-state index in [9.17, 15) is 8.78 Å². The van der Waals surface area contributed by atoms with Crippen molar-refractivity contribution in [1.29, 1.82) is 0 Å². The van der Waals surface area contributed by atoms with E-state index in [1.165, 1.54) is 23.5 Å². The van der Waals surface area contributed by atoms with Crippen molar-refractivity contribution in [2.45, 2.75) is 6.04 Å². The van der Waals surface area contributed by atoms with Gasteiger partial charge in [-0.25, -0.2) is 13.8 Å². The summed E-state index contributed by atoms with van der Waals surface area (Å²) in [5.74, 6) is -1.15. The van der Waals surface area contributed by atoms with Crippen LogP contribution in [-0.2, 0) is 0 Å². The minimum atomic E-state index is -0.577. The number of nitrogens with zero attached hydrogens (tertiary/aromatic N) is 1. The molecule has 0 saturated heterocycles. The fourth-order valence-electron chi connectivity index (χ4n) is 1.55. The van der Waals surface area contributed by atoms with E-state index >= 15 is 0 Å². The summed E-state index contributed by atoms with van der Waals surface area (Å²) in [7, 11) is 1.73. The Morgan fingerprint density at radius 2 is 1.94 bits per heavy atom. The summed E-state index contributed by atoms with van der Waals surface area (Å²) in [6, 6.07) is 3.21. The zero-order valence-corrected chi connectivity index (χ0v) is 9.39. The van der Waals surface area contributed by atoms with E-state index in [0.717, 1.165) is 11.1 Å². The Labute approximate surface area is 96.0 Å². The second-order valence-corrected chi connectivity index (χ2v) is 4.22. The van der Waals surface area contributed by atoms with Gasteiger partial charge >= 0.3 is 0 Å². The van der Waals surface area contributed by atoms with Gasteiger partial charge < -0.3 is 5.32 Å². The molecule has 0 spiro atoms. The van der Waals surface area contributed by atoms with Crippen LogP contribution in [0.5, 0.6) is 0 Å². The first-order valence-corrected chi connectivity index (χ1v) is 5.61. The van der Waals surface area contributed by atoms with Gasteiger partial charge in [0.05, 0.1) is 6.04 Å². The van der Waals surface area contributed by atoms with Crippen LogP contribution in [0.4, 0.5) is 8.78 Å². The van der Waals surface area contributed by atoms with E-state index in [1.807, 2.05) is 5.38 Å². The maximum Gasteiger partial charge on any atom is 0.126 e. The van der Waals surface area contributed by atoms with E-state index in [1.54, 1.807) is 13.2 Å². The van der Waals surface area contributed by atoms with Crippen LogP contribution in [-0.4, -0.2) is 12.0 Å². The Morgan fingerprint density at radius 3 is 2.44 bits per heavy atom. The number of aromatic nitrogens is 1. The van der Waals surface area contributed by atoms with E-state index in [-0.39, 0.29) is 6.04 Å². The van der Waals surface area contributed by atoms with Crippen LogP contribution in [0.25, 0.3) is 0 Å². The van der Waals surface area contributed by atoms with Crippen LogP contribution in [0.2, 0.25) is 0 Å². The number of rotatable bonds is 3. The van der Waals surface area contributed by atoms with Gasteiger partial charge in [0, 0.05) is 17.6 Å². The molecular formula is C11H10F2N2S. The molecule has 0 amide bonds. The molecule has 2 nitrogen and oxygen atoms in total. The Morgan fingerprint density at radius 1 is 1.25 bits per heavy atom. The van der Waals surface area contributed by atoms with Crippen LogP contribution < -0.4 is 5.32 Å².